The second-order valence-corrected chi connectivity index (χ2v) is 7.87. The van der Waals surface area contributed by atoms with E-state index >= 15 is 0 Å². The molecule has 0 aliphatic carbocycles. The molecule has 1 fully saturated rings. The monoisotopic (exact) mass is 373 g/mol. The first-order valence-corrected chi connectivity index (χ1v) is 10.2. The maximum absolute atomic E-state index is 13.0. The van der Waals surface area contributed by atoms with Crippen LogP contribution in [0.3, 0.4) is 0 Å². The van der Waals surface area contributed by atoms with E-state index in [2.05, 4.69) is 17.0 Å². The minimum Gasteiger partial charge on any atom is -0.343 e. The number of amides is 2. The third-order valence-corrected chi connectivity index (χ3v) is 5.82. The average Bonchev–Trinajstić information content (AvgIpc) is 2.70. The van der Waals surface area contributed by atoms with E-state index < -0.39 is 0 Å². The molecule has 1 aromatic carbocycles. The Morgan fingerprint density at radius 3 is 2.22 bits per heavy atom. The number of rotatable bonds is 7. The molecule has 1 aliphatic heterocycles. The van der Waals surface area contributed by atoms with Crippen molar-refractivity contribution >= 4 is 11.8 Å². The number of carbonyl (C=O) groups excluding carboxylic acids is 2. The van der Waals surface area contributed by atoms with Crippen molar-refractivity contribution in [2.75, 3.05) is 26.7 Å². The zero-order valence-electron chi connectivity index (χ0n) is 17.5. The van der Waals surface area contributed by atoms with Crippen LogP contribution >= 0.6 is 0 Å². The average molecular weight is 374 g/mol. The summed E-state index contributed by atoms with van der Waals surface area (Å²) in [5.41, 5.74) is 1.15. The van der Waals surface area contributed by atoms with Gasteiger partial charge < -0.3 is 9.80 Å². The van der Waals surface area contributed by atoms with E-state index in [1.54, 1.807) is 0 Å². The van der Waals surface area contributed by atoms with Crippen molar-refractivity contribution in [1.82, 2.24) is 14.7 Å². The molecular weight excluding hydrogens is 338 g/mol. The Hall–Kier alpha value is -1.88. The molecule has 5 heteroatoms. The van der Waals surface area contributed by atoms with Crippen LogP contribution in [0.2, 0.25) is 0 Å². The maximum atomic E-state index is 13.0. The van der Waals surface area contributed by atoms with Crippen molar-refractivity contribution in [2.24, 2.45) is 5.92 Å². The standard InChI is InChI=1S/C22H35N3O2/c1-6-24(16-19-10-8-7-9-11-19)21(26)18(4)25-14-12-20(13-15-25)22(27)23(5)17(2)3/h7-11,17-18,20H,6,12-16H2,1-5H3. The van der Waals surface area contributed by atoms with Gasteiger partial charge in [0, 0.05) is 32.1 Å². The fourth-order valence-corrected chi connectivity index (χ4v) is 3.65. The molecule has 1 heterocycles. The Bertz CT molecular complexity index is 609. The molecule has 0 N–H and O–H groups in total. The molecular formula is C22H35N3O2. The molecule has 0 radical (unpaired) electrons. The zero-order chi connectivity index (χ0) is 20.0. The summed E-state index contributed by atoms with van der Waals surface area (Å²) in [6.07, 6.45) is 1.66. The van der Waals surface area contributed by atoms with Gasteiger partial charge in [-0.05, 0) is 59.2 Å². The summed E-state index contributed by atoms with van der Waals surface area (Å²) >= 11 is 0. The molecule has 150 valence electrons. The summed E-state index contributed by atoms with van der Waals surface area (Å²) in [7, 11) is 1.88. The number of piperidine rings is 1. The second-order valence-electron chi connectivity index (χ2n) is 7.87. The predicted octanol–water partition coefficient (Wildman–Crippen LogP) is 3.00. The van der Waals surface area contributed by atoms with Crippen molar-refractivity contribution in [3.63, 3.8) is 0 Å². The van der Waals surface area contributed by atoms with E-state index in [4.69, 9.17) is 0 Å². The highest BCUT2D eigenvalue weighted by molar-refractivity contribution is 5.82. The molecule has 0 spiro atoms. The molecule has 0 bridgehead atoms. The molecule has 1 aromatic rings. The van der Waals surface area contributed by atoms with E-state index in [1.165, 1.54) is 0 Å². The summed E-state index contributed by atoms with van der Waals surface area (Å²) < 4.78 is 0. The van der Waals surface area contributed by atoms with Gasteiger partial charge in [0.25, 0.3) is 0 Å². The lowest BCUT2D eigenvalue weighted by Gasteiger charge is -2.38. The number of benzene rings is 1. The summed E-state index contributed by atoms with van der Waals surface area (Å²) in [6.45, 7) is 11.1. The molecule has 5 nitrogen and oxygen atoms in total. The highest BCUT2D eigenvalue weighted by Gasteiger charge is 2.32. The lowest BCUT2D eigenvalue weighted by Crippen LogP contribution is -2.51. The van der Waals surface area contributed by atoms with Crippen LogP contribution in [0.25, 0.3) is 0 Å². The largest absolute Gasteiger partial charge is 0.343 e. The van der Waals surface area contributed by atoms with Crippen LogP contribution in [-0.2, 0) is 16.1 Å². The van der Waals surface area contributed by atoms with Crippen molar-refractivity contribution < 1.29 is 9.59 Å². The van der Waals surface area contributed by atoms with Crippen molar-refractivity contribution in [3.05, 3.63) is 35.9 Å². The van der Waals surface area contributed by atoms with Gasteiger partial charge in [0.2, 0.25) is 11.8 Å². The molecule has 1 aliphatic rings. The lowest BCUT2D eigenvalue weighted by molar-refractivity contribution is -0.139. The summed E-state index contributed by atoms with van der Waals surface area (Å²) in [6, 6.07) is 10.2. The van der Waals surface area contributed by atoms with Crippen LogP contribution in [0.15, 0.2) is 30.3 Å². The van der Waals surface area contributed by atoms with Gasteiger partial charge in [-0.3, -0.25) is 14.5 Å². The normalized spacial score (nSPS) is 17.0. The number of likely N-dealkylation sites (N-methyl/N-ethyl adjacent to an activating group) is 1. The summed E-state index contributed by atoms with van der Waals surface area (Å²) in [5, 5.41) is 0. The smallest absolute Gasteiger partial charge is 0.239 e. The SMILES string of the molecule is CCN(Cc1ccccc1)C(=O)C(C)N1CCC(C(=O)N(C)C(C)C)CC1. The van der Waals surface area contributed by atoms with Crippen LogP contribution in [-0.4, -0.2) is 65.3 Å². The van der Waals surface area contributed by atoms with Crippen LogP contribution in [0.4, 0.5) is 0 Å². The molecule has 0 saturated carbocycles. The Kier molecular flexibility index (Phi) is 7.84. The molecule has 2 rings (SSSR count). The van der Waals surface area contributed by atoms with E-state index in [0.717, 1.165) is 31.5 Å². The highest BCUT2D eigenvalue weighted by Crippen LogP contribution is 2.22. The van der Waals surface area contributed by atoms with Gasteiger partial charge in [-0.2, -0.15) is 0 Å². The molecule has 1 saturated heterocycles. The number of nitrogens with zero attached hydrogens (tertiary/aromatic N) is 3. The van der Waals surface area contributed by atoms with Gasteiger partial charge in [-0.25, -0.2) is 0 Å². The van der Waals surface area contributed by atoms with Crippen molar-refractivity contribution in [3.8, 4) is 0 Å². The van der Waals surface area contributed by atoms with E-state index in [1.807, 2.05) is 62.7 Å². The molecule has 27 heavy (non-hydrogen) atoms. The van der Waals surface area contributed by atoms with Gasteiger partial charge in [0.1, 0.15) is 0 Å². The lowest BCUT2D eigenvalue weighted by atomic mass is 9.94. The number of likely N-dealkylation sites (tertiary alicyclic amines) is 1. The van der Waals surface area contributed by atoms with Crippen molar-refractivity contribution in [1.29, 1.82) is 0 Å². The Morgan fingerprint density at radius 2 is 1.70 bits per heavy atom. The highest BCUT2D eigenvalue weighted by atomic mass is 16.2. The Balaban J connectivity index is 1.91. The van der Waals surface area contributed by atoms with Crippen LogP contribution in [0, 0.1) is 5.92 Å². The van der Waals surface area contributed by atoms with Gasteiger partial charge in [-0.1, -0.05) is 30.3 Å². The topological polar surface area (TPSA) is 43.9 Å². The quantitative estimate of drug-likeness (QED) is 0.738. The maximum Gasteiger partial charge on any atom is 0.239 e. The molecule has 2 amide bonds. The van der Waals surface area contributed by atoms with Crippen LogP contribution < -0.4 is 0 Å². The minimum atomic E-state index is -0.146. The fourth-order valence-electron chi connectivity index (χ4n) is 3.65. The van der Waals surface area contributed by atoms with Crippen LogP contribution in [0.5, 0.6) is 0 Å². The van der Waals surface area contributed by atoms with E-state index in [-0.39, 0.29) is 29.8 Å². The fraction of sp³-hybridized carbons (Fsp3) is 0.636. The van der Waals surface area contributed by atoms with E-state index in [0.29, 0.717) is 13.1 Å². The molecule has 1 atom stereocenters. The van der Waals surface area contributed by atoms with E-state index in [9.17, 15) is 9.59 Å². The molecule has 0 aromatic heterocycles. The number of hydrogen-bond donors (Lipinski definition) is 0. The van der Waals surface area contributed by atoms with Gasteiger partial charge in [0.15, 0.2) is 0 Å². The summed E-state index contributed by atoms with van der Waals surface area (Å²) in [5.74, 6) is 0.496. The van der Waals surface area contributed by atoms with Gasteiger partial charge in [0.05, 0.1) is 6.04 Å². The third kappa shape index (κ3) is 5.55. The third-order valence-electron chi connectivity index (χ3n) is 5.82. The number of hydrogen-bond acceptors (Lipinski definition) is 3. The first kappa shape index (κ1) is 21.4. The zero-order valence-corrected chi connectivity index (χ0v) is 17.5. The summed E-state index contributed by atoms with van der Waals surface area (Å²) in [4.78, 5) is 31.5. The Morgan fingerprint density at radius 1 is 1.11 bits per heavy atom. The minimum absolute atomic E-state index is 0.0857. The number of carbonyl (C=O) groups is 2. The first-order chi connectivity index (χ1) is 12.8. The predicted molar refractivity (Wildman–Crippen MR) is 109 cm³/mol. The van der Waals surface area contributed by atoms with Gasteiger partial charge >= 0.3 is 0 Å². The second kappa shape index (κ2) is 9.88. The Labute approximate surface area is 164 Å². The van der Waals surface area contributed by atoms with Gasteiger partial charge in [-0.15, -0.1) is 0 Å². The van der Waals surface area contributed by atoms with Crippen molar-refractivity contribution in [2.45, 2.75) is 59.2 Å². The first-order valence-electron chi connectivity index (χ1n) is 10.2. The van der Waals surface area contributed by atoms with Crippen LogP contribution in [0.1, 0.15) is 46.1 Å². The molecule has 1 unspecified atom stereocenters.